The van der Waals surface area contributed by atoms with E-state index in [-0.39, 0.29) is 33.8 Å². The molecule has 1 saturated carbocycles. The first-order valence-corrected chi connectivity index (χ1v) is 17.6. The summed E-state index contributed by atoms with van der Waals surface area (Å²) in [6.45, 7) is 0. The van der Waals surface area contributed by atoms with Crippen molar-refractivity contribution in [2.24, 2.45) is 0 Å². The first-order chi connectivity index (χ1) is 27.7. The Kier molecular flexibility index (Phi) is 7.94. The molecule has 6 aromatic rings. The van der Waals surface area contributed by atoms with E-state index >= 15 is 26.3 Å². The highest BCUT2D eigenvalue weighted by molar-refractivity contribution is 6.35. The minimum Gasteiger partial charge on any atom is -0.457 e. The lowest BCUT2D eigenvalue weighted by Gasteiger charge is -2.59. The largest absolute Gasteiger partial charge is 0.457 e. The smallest absolute Gasteiger partial charge is 0.355 e. The summed E-state index contributed by atoms with van der Waals surface area (Å²) in [5.41, 5.74) is -14.6. The van der Waals surface area contributed by atoms with Crippen LogP contribution in [0.4, 0.5) is 37.7 Å². The van der Waals surface area contributed by atoms with Gasteiger partial charge in [0.05, 0.1) is 33.6 Å². The quantitative estimate of drug-likeness (QED) is 0.113. The summed E-state index contributed by atoms with van der Waals surface area (Å²) in [6, 6.07) is 30.3. The number of fused-ring (bicyclic) bond motifs is 2. The van der Waals surface area contributed by atoms with E-state index in [2.05, 4.69) is 0 Å². The molecule has 58 heavy (non-hydrogen) atoms. The number of anilines is 2. The number of rotatable bonds is 8. The van der Waals surface area contributed by atoms with Crippen LogP contribution in [0.2, 0.25) is 0 Å². The maximum absolute atomic E-state index is 18.3. The molecule has 2 atom stereocenters. The Morgan fingerprint density at radius 3 is 0.983 bits per heavy atom. The van der Waals surface area contributed by atoms with E-state index in [0.29, 0.717) is 21.9 Å². The Morgan fingerprint density at radius 2 is 0.672 bits per heavy atom. The Bertz CT molecular complexity index is 2470. The molecular weight excluding hydrogens is 766 g/mol. The Hall–Kier alpha value is -7.22. The minimum absolute atomic E-state index is 0.0818. The monoisotopic (exact) mass is 790 g/mol. The minimum atomic E-state index is -5.86. The predicted molar refractivity (Wildman–Crippen MR) is 197 cm³/mol. The number of alkyl halides is 6. The second kappa shape index (κ2) is 12.6. The van der Waals surface area contributed by atoms with Crippen molar-refractivity contribution in [3.05, 3.63) is 179 Å². The summed E-state index contributed by atoms with van der Waals surface area (Å²) < 4.78 is 113. The van der Waals surface area contributed by atoms with E-state index in [9.17, 15) is 19.2 Å². The molecule has 0 N–H and O–H groups in total. The number of carbonyl (C=O) groups excluding carboxylic acids is 4. The van der Waals surface area contributed by atoms with E-state index in [4.69, 9.17) is 9.47 Å². The molecular formula is C44H24F6N2O6. The zero-order chi connectivity index (χ0) is 40.8. The third-order valence-electron chi connectivity index (χ3n) is 10.4. The van der Waals surface area contributed by atoms with Gasteiger partial charge in [0.2, 0.25) is 0 Å². The van der Waals surface area contributed by atoms with Gasteiger partial charge in [0, 0.05) is 11.1 Å². The normalized spacial score (nSPS) is 21.4. The van der Waals surface area contributed by atoms with Crippen LogP contribution < -0.4 is 19.3 Å². The van der Waals surface area contributed by atoms with Crippen LogP contribution >= 0.6 is 0 Å². The number of halogens is 6. The van der Waals surface area contributed by atoms with E-state index in [1.807, 2.05) is 0 Å². The number of ether oxygens (including phenoxy) is 2. The van der Waals surface area contributed by atoms with E-state index < -0.39 is 80.8 Å². The summed E-state index contributed by atoms with van der Waals surface area (Å²) in [4.78, 5) is 55.0. The number of benzene rings is 6. The molecule has 288 valence electrons. The van der Waals surface area contributed by atoms with Crippen molar-refractivity contribution in [1.82, 2.24) is 0 Å². The zero-order valence-corrected chi connectivity index (χ0v) is 29.5. The fraction of sp³-hybridized carbons (Fsp3) is 0.0909. The summed E-state index contributed by atoms with van der Waals surface area (Å²) >= 11 is 0. The first kappa shape index (κ1) is 36.4. The molecule has 0 spiro atoms. The van der Waals surface area contributed by atoms with Gasteiger partial charge in [0.25, 0.3) is 35.0 Å². The van der Waals surface area contributed by atoms with Crippen LogP contribution in [-0.2, 0) is 11.3 Å². The van der Waals surface area contributed by atoms with Crippen LogP contribution in [0.1, 0.15) is 52.6 Å². The standard InChI is InChI=1S/C44H24F6N2O6/c45-41(33-23-25(19-21-35(33)57-27-11-3-1-4-12-27)51-37(53)29-15-7-8-16-30(29)38(51)54)42(46,44(49,50)43(41,47)48)34-24-26(20-22-36(34)58-28-13-5-2-6-14-28)52-39(55)31-17-9-10-18-32(31)40(52)56/h1-24H/t41-,42-/m1/s1. The molecule has 2 heterocycles. The molecule has 9 rings (SSSR count). The molecule has 3 aliphatic rings. The maximum Gasteiger partial charge on any atom is 0.355 e. The number of hydrogen-bond donors (Lipinski definition) is 0. The van der Waals surface area contributed by atoms with Crippen molar-refractivity contribution < 1.29 is 55.0 Å². The van der Waals surface area contributed by atoms with Crippen LogP contribution in [0.3, 0.4) is 0 Å². The number of para-hydroxylation sites is 2. The van der Waals surface area contributed by atoms with Gasteiger partial charge in [-0.1, -0.05) is 60.7 Å². The van der Waals surface area contributed by atoms with E-state index in [1.165, 1.54) is 97.1 Å². The number of nitrogens with zero attached hydrogens (tertiary/aromatic N) is 2. The van der Waals surface area contributed by atoms with Crippen LogP contribution in [0, 0.1) is 0 Å². The summed E-state index contributed by atoms with van der Waals surface area (Å²) in [7, 11) is 0. The van der Waals surface area contributed by atoms with Gasteiger partial charge in [-0.3, -0.25) is 19.2 Å². The third kappa shape index (κ3) is 4.77. The Balaban J connectivity index is 1.27. The molecule has 0 bridgehead atoms. The molecule has 0 aromatic heterocycles. The molecule has 2 aliphatic heterocycles. The van der Waals surface area contributed by atoms with Gasteiger partial charge in [-0.05, 0) is 84.9 Å². The van der Waals surface area contributed by atoms with Gasteiger partial charge in [-0.2, -0.15) is 17.6 Å². The highest BCUT2D eigenvalue weighted by atomic mass is 19.3. The fourth-order valence-electron chi connectivity index (χ4n) is 7.62. The molecule has 8 nitrogen and oxygen atoms in total. The van der Waals surface area contributed by atoms with Gasteiger partial charge in [0.15, 0.2) is 0 Å². The Labute approximate surface area is 324 Å². The summed E-state index contributed by atoms with van der Waals surface area (Å²) in [5.74, 6) is -17.4. The van der Waals surface area contributed by atoms with Crippen LogP contribution in [-0.4, -0.2) is 35.5 Å². The predicted octanol–water partition coefficient (Wildman–Crippen LogP) is 10.2. The lowest BCUT2D eigenvalue weighted by molar-refractivity contribution is -0.451. The van der Waals surface area contributed by atoms with E-state index in [0.717, 1.165) is 24.3 Å². The zero-order valence-electron chi connectivity index (χ0n) is 29.5. The van der Waals surface area contributed by atoms with Crippen molar-refractivity contribution >= 4 is 35.0 Å². The van der Waals surface area contributed by atoms with Crippen molar-refractivity contribution in [2.45, 2.75) is 23.2 Å². The average Bonchev–Trinajstić information content (AvgIpc) is 3.64. The molecule has 0 unspecified atom stereocenters. The molecule has 1 aliphatic carbocycles. The topological polar surface area (TPSA) is 93.2 Å². The van der Waals surface area contributed by atoms with Gasteiger partial charge in [-0.25, -0.2) is 18.6 Å². The molecule has 4 amide bonds. The lowest BCUT2D eigenvalue weighted by atomic mass is 9.55. The third-order valence-corrected chi connectivity index (χ3v) is 10.4. The first-order valence-electron chi connectivity index (χ1n) is 17.6. The van der Waals surface area contributed by atoms with Gasteiger partial charge < -0.3 is 9.47 Å². The van der Waals surface area contributed by atoms with Crippen molar-refractivity contribution in [2.75, 3.05) is 9.80 Å². The highest BCUT2D eigenvalue weighted by Crippen LogP contribution is 2.78. The van der Waals surface area contributed by atoms with Crippen LogP contribution in [0.5, 0.6) is 23.0 Å². The van der Waals surface area contributed by atoms with Gasteiger partial charge in [-0.15, -0.1) is 0 Å². The molecule has 0 saturated heterocycles. The average molecular weight is 791 g/mol. The van der Waals surface area contributed by atoms with E-state index in [1.54, 1.807) is 12.1 Å². The fourth-order valence-corrected chi connectivity index (χ4v) is 7.62. The number of hydrogen-bond acceptors (Lipinski definition) is 6. The molecule has 0 radical (unpaired) electrons. The maximum atomic E-state index is 18.3. The lowest BCUT2D eigenvalue weighted by Crippen LogP contribution is -2.82. The van der Waals surface area contributed by atoms with Crippen LogP contribution in [0.15, 0.2) is 146 Å². The summed E-state index contributed by atoms with van der Waals surface area (Å²) in [6.07, 6.45) is 0. The Morgan fingerprint density at radius 1 is 0.379 bits per heavy atom. The van der Waals surface area contributed by atoms with Crippen molar-refractivity contribution in [3.8, 4) is 23.0 Å². The summed E-state index contributed by atoms with van der Waals surface area (Å²) in [5, 5.41) is 0. The highest BCUT2D eigenvalue weighted by Gasteiger charge is 2.99. The second-order valence-electron chi connectivity index (χ2n) is 13.6. The molecule has 6 aromatic carbocycles. The molecule has 14 heteroatoms. The van der Waals surface area contributed by atoms with Gasteiger partial charge >= 0.3 is 11.8 Å². The van der Waals surface area contributed by atoms with Crippen molar-refractivity contribution in [1.29, 1.82) is 0 Å². The molecule has 1 fully saturated rings. The number of amides is 4. The van der Waals surface area contributed by atoms with Gasteiger partial charge in [0.1, 0.15) is 23.0 Å². The second-order valence-corrected chi connectivity index (χ2v) is 13.6. The SMILES string of the molecule is O=C1c2ccccc2C(=O)N1c1ccc(Oc2ccccc2)c([C@]2(F)C(F)(F)C(F)(F)[C@@]2(F)c2cc(N3C(=O)c4ccccc4C3=O)ccc2Oc2ccccc2)c1. The van der Waals surface area contributed by atoms with Crippen LogP contribution in [0.25, 0.3) is 0 Å². The number of imide groups is 2. The number of carbonyl (C=O) groups is 4. The van der Waals surface area contributed by atoms with Crippen molar-refractivity contribution in [3.63, 3.8) is 0 Å².